The summed E-state index contributed by atoms with van der Waals surface area (Å²) in [5.41, 5.74) is 5.01. The number of hydrogen-bond acceptors (Lipinski definition) is 5. The van der Waals surface area contributed by atoms with Crippen molar-refractivity contribution in [1.82, 2.24) is 0 Å². The van der Waals surface area contributed by atoms with E-state index in [4.69, 9.17) is 16.4 Å². The van der Waals surface area contributed by atoms with Crippen molar-refractivity contribution in [3.63, 3.8) is 0 Å². The first kappa shape index (κ1) is 9.96. The van der Waals surface area contributed by atoms with E-state index in [0.717, 1.165) is 11.8 Å². The zero-order valence-electron chi connectivity index (χ0n) is 6.00. The summed E-state index contributed by atoms with van der Waals surface area (Å²) in [5, 5.41) is 17.7. The Hall–Kier alpha value is -1.04. The van der Waals surface area contributed by atoms with E-state index in [1.807, 2.05) is 0 Å². The van der Waals surface area contributed by atoms with Crippen molar-refractivity contribution in [2.24, 2.45) is 10.9 Å². The highest BCUT2D eigenvalue weighted by Gasteiger charge is 2.06. The normalized spacial score (nSPS) is 11.2. The number of nitrogens with one attached hydrogen (secondary N) is 1. The molecule has 0 aromatic carbocycles. The highest BCUT2D eigenvalue weighted by Crippen LogP contribution is 1.99. The Labute approximate surface area is 68.2 Å². The molecule has 0 bridgehead atoms. The molecule has 11 heavy (non-hydrogen) atoms. The Morgan fingerprint density at radius 3 is 2.64 bits per heavy atom. The van der Waals surface area contributed by atoms with Gasteiger partial charge in [0, 0.05) is 6.92 Å². The number of nitrogens with two attached hydrogens (primary N) is 1. The Bertz CT molecular complexity index is 202. The van der Waals surface area contributed by atoms with Gasteiger partial charge in [-0.25, -0.2) is 0 Å². The van der Waals surface area contributed by atoms with Gasteiger partial charge >= 0.3 is 0 Å². The van der Waals surface area contributed by atoms with Crippen LogP contribution < -0.4 is 5.73 Å². The number of carbonyl (C=O) groups is 1. The van der Waals surface area contributed by atoms with Gasteiger partial charge < -0.3 is 10.9 Å². The third-order valence-corrected chi connectivity index (χ3v) is 1.62. The molecule has 0 unspecified atom stereocenters. The highest BCUT2D eigenvalue weighted by atomic mass is 32.2. The topological polar surface area (TPSA) is 99.5 Å². The first-order valence-electron chi connectivity index (χ1n) is 2.76. The van der Waals surface area contributed by atoms with E-state index >= 15 is 0 Å². The molecule has 62 valence electrons. The number of thioether (sulfide) groups is 1. The lowest BCUT2D eigenvalue weighted by molar-refractivity contribution is -0.111. The fourth-order valence-electron chi connectivity index (χ4n) is 0.347. The van der Waals surface area contributed by atoms with Crippen LogP contribution in [0.15, 0.2) is 5.16 Å². The number of oxime groups is 1. The molecule has 0 heterocycles. The molecular weight excluding hydrogens is 166 g/mol. The Balaban J connectivity index is 3.92. The molecule has 0 aliphatic carbocycles. The molecule has 0 aromatic rings. The summed E-state index contributed by atoms with van der Waals surface area (Å²) >= 11 is 0.942. The molecule has 0 spiro atoms. The van der Waals surface area contributed by atoms with E-state index in [1.54, 1.807) is 0 Å². The van der Waals surface area contributed by atoms with E-state index in [-0.39, 0.29) is 22.4 Å². The largest absolute Gasteiger partial charge is 0.411 e. The molecule has 0 aromatic heterocycles. The number of carbonyl (C=O) groups excluding carboxylic acids is 1. The van der Waals surface area contributed by atoms with Gasteiger partial charge in [0.25, 0.3) is 0 Å². The summed E-state index contributed by atoms with van der Waals surface area (Å²) in [4.78, 5) is 10.6. The smallest absolute Gasteiger partial charge is 0.178 e. The second-order valence-electron chi connectivity index (χ2n) is 1.76. The van der Waals surface area contributed by atoms with Crippen molar-refractivity contribution in [1.29, 1.82) is 5.41 Å². The van der Waals surface area contributed by atoms with Crippen molar-refractivity contribution in [3.8, 4) is 0 Å². The van der Waals surface area contributed by atoms with Crippen LogP contribution >= 0.6 is 11.8 Å². The lowest BCUT2D eigenvalue weighted by Crippen LogP contribution is -2.16. The van der Waals surface area contributed by atoms with Gasteiger partial charge in [-0.1, -0.05) is 16.9 Å². The van der Waals surface area contributed by atoms with Crippen LogP contribution in [-0.2, 0) is 4.79 Å². The number of hydrogen-bond donors (Lipinski definition) is 3. The van der Waals surface area contributed by atoms with Gasteiger partial charge in [0.05, 0.1) is 5.75 Å². The van der Waals surface area contributed by atoms with E-state index < -0.39 is 0 Å². The van der Waals surface area contributed by atoms with E-state index in [1.165, 1.54) is 6.92 Å². The second kappa shape index (κ2) is 4.73. The van der Waals surface area contributed by atoms with Crippen molar-refractivity contribution < 1.29 is 10.0 Å². The van der Waals surface area contributed by atoms with Crippen molar-refractivity contribution in [3.05, 3.63) is 0 Å². The molecule has 0 aliphatic heterocycles. The molecule has 0 saturated carbocycles. The standard InChI is InChI=1S/C5H9N3O2S/c1-3(9)4(8-10)2-11-5(6)7/h10H,2H2,1H3,(H3,6,7)/b8-4-. The van der Waals surface area contributed by atoms with Gasteiger partial charge in [-0.2, -0.15) is 0 Å². The molecular formula is C5H9N3O2S. The second-order valence-corrected chi connectivity index (χ2v) is 2.77. The van der Waals surface area contributed by atoms with Crippen LogP contribution in [0.2, 0.25) is 0 Å². The van der Waals surface area contributed by atoms with Gasteiger partial charge in [-0.05, 0) is 0 Å². The molecule has 0 aliphatic rings. The fourth-order valence-corrected chi connectivity index (χ4v) is 0.900. The van der Waals surface area contributed by atoms with Crippen LogP contribution in [-0.4, -0.2) is 27.6 Å². The predicted octanol–water partition coefficient (Wildman–Crippen LogP) is 0.0323. The number of amidine groups is 1. The first-order valence-corrected chi connectivity index (χ1v) is 3.75. The van der Waals surface area contributed by atoms with Crippen LogP contribution in [0.1, 0.15) is 6.92 Å². The van der Waals surface area contributed by atoms with Gasteiger partial charge in [0.1, 0.15) is 5.71 Å². The van der Waals surface area contributed by atoms with Crippen LogP contribution in [0, 0.1) is 5.41 Å². The molecule has 5 nitrogen and oxygen atoms in total. The Morgan fingerprint density at radius 2 is 2.36 bits per heavy atom. The summed E-state index contributed by atoms with van der Waals surface area (Å²) < 4.78 is 0. The Morgan fingerprint density at radius 1 is 1.82 bits per heavy atom. The van der Waals surface area contributed by atoms with E-state index in [9.17, 15) is 4.79 Å². The molecule has 0 saturated heterocycles. The maximum Gasteiger partial charge on any atom is 0.178 e. The minimum atomic E-state index is -0.318. The van der Waals surface area contributed by atoms with Crippen molar-refractivity contribution in [2.45, 2.75) is 6.92 Å². The average Bonchev–Trinajstić information content (AvgIpc) is 1.87. The van der Waals surface area contributed by atoms with Crippen LogP contribution in [0.5, 0.6) is 0 Å². The summed E-state index contributed by atoms with van der Waals surface area (Å²) in [6, 6.07) is 0. The van der Waals surface area contributed by atoms with Gasteiger partial charge in [0.2, 0.25) is 0 Å². The third-order valence-electron chi connectivity index (χ3n) is 0.891. The zero-order valence-corrected chi connectivity index (χ0v) is 6.81. The monoisotopic (exact) mass is 175 g/mol. The Kier molecular flexibility index (Phi) is 4.28. The van der Waals surface area contributed by atoms with Crippen molar-refractivity contribution in [2.75, 3.05) is 5.75 Å². The van der Waals surface area contributed by atoms with Crippen LogP contribution in [0.4, 0.5) is 0 Å². The molecule has 0 rings (SSSR count). The predicted molar refractivity (Wildman–Crippen MR) is 44.3 cm³/mol. The first-order chi connectivity index (χ1) is 5.07. The average molecular weight is 175 g/mol. The minimum absolute atomic E-state index is 0.0187. The van der Waals surface area contributed by atoms with Crippen LogP contribution in [0.25, 0.3) is 0 Å². The van der Waals surface area contributed by atoms with E-state index in [0.29, 0.717) is 0 Å². The lowest BCUT2D eigenvalue weighted by atomic mass is 10.3. The molecule has 0 fully saturated rings. The number of nitrogens with zero attached hydrogens (tertiary/aromatic N) is 1. The third kappa shape index (κ3) is 4.38. The maximum atomic E-state index is 10.6. The number of ketones is 1. The number of rotatable bonds is 3. The van der Waals surface area contributed by atoms with Crippen molar-refractivity contribution >= 4 is 28.4 Å². The quantitative estimate of drug-likeness (QED) is 0.244. The molecule has 0 atom stereocenters. The van der Waals surface area contributed by atoms with Crippen LogP contribution in [0.3, 0.4) is 0 Å². The fraction of sp³-hybridized carbons (Fsp3) is 0.400. The van der Waals surface area contributed by atoms with Gasteiger partial charge in [0.15, 0.2) is 11.0 Å². The highest BCUT2D eigenvalue weighted by molar-refractivity contribution is 8.14. The molecule has 4 N–H and O–H groups in total. The zero-order chi connectivity index (χ0) is 8.85. The summed E-state index contributed by atoms with van der Waals surface area (Å²) in [6.45, 7) is 1.29. The molecule has 6 heteroatoms. The summed E-state index contributed by atoms with van der Waals surface area (Å²) in [6.07, 6.45) is 0. The lowest BCUT2D eigenvalue weighted by Gasteiger charge is -1.96. The SMILES string of the molecule is CC(=O)/C(CSC(=N)N)=N\O. The summed E-state index contributed by atoms with van der Waals surface area (Å²) in [7, 11) is 0. The van der Waals surface area contributed by atoms with Gasteiger partial charge in [-0.15, -0.1) is 0 Å². The summed E-state index contributed by atoms with van der Waals surface area (Å²) in [5.74, 6) is -0.178. The minimum Gasteiger partial charge on any atom is -0.411 e. The molecule has 0 amide bonds. The van der Waals surface area contributed by atoms with Gasteiger partial charge in [-0.3, -0.25) is 10.2 Å². The van der Waals surface area contributed by atoms with E-state index in [2.05, 4.69) is 5.16 Å². The molecule has 0 radical (unpaired) electrons. The maximum absolute atomic E-state index is 10.6. The number of Topliss-reactive ketones (excluding diaryl/α,β-unsaturated/α-hetero) is 1.